The predicted octanol–water partition coefficient (Wildman–Crippen LogP) is 19.4. The first kappa shape index (κ1) is 41.8. The van der Waals surface area contributed by atoms with Gasteiger partial charge in [-0.3, -0.25) is 0 Å². The molecule has 0 aliphatic heterocycles. The molecule has 4 heteroatoms. The second-order valence-electron chi connectivity index (χ2n) is 20.1. The van der Waals surface area contributed by atoms with Crippen molar-refractivity contribution in [3.63, 3.8) is 0 Å². The van der Waals surface area contributed by atoms with Gasteiger partial charge in [0.15, 0.2) is 0 Å². The minimum absolute atomic E-state index is 0.154. The van der Waals surface area contributed by atoms with Gasteiger partial charge in [0.05, 0.1) is 27.8 Å². The van der Waals surface area contributed by atoms with Gasteiger partial charge in [-0.1, -0.05) is 166 Å². The standard InChI is InChI=1S/C69H47N3S/c1-69(2)58-25-12-9-21-52(58)53-39-37-50(43-59(53)69)70(49-35-31-44(32-36-49)51-24-15-28-62-67(51)56-23-11-14-27-61(56)71(62)47-17-5-3-6-18-47)63-29-16-30-66-68(63)57-41-45(34-40-65(57)73-66)46-33-38-55-54-22-10-13-26-60(54)72(64(55)42-46)48-19-7-4-8-20-48/h3-43H,1-2H3. The summed E-state index contributed by atoms with van der Waals surface area (Å²) < 4.78 is 7.35. The van der Waals surface area contributed by atoms with E-state index in [-0.39, 0.29) is 5.41 Å². The lowest BCUT2D eigenvalue weighted by molar-refractivity contribution is 0.660. The number of hydrogen-bond donors (Lipinski definition) is 0. The number of benzene rings is 11. The number of aromatic nitrogens is 2. The van der Waals surface area contributed by atoms with Crippen LogP contribution in [0.15, 0.2) is 249 Å². The van der Waals surface area contributed by atoms with Crippen molar-refractivity contribution >= 4 is 92.2 Å². The molecule has 0 spiro atoms. The predicted molar refractivity (Wildman–Crippen MR) is 311 cm³/mol. The van der Waals surface area contributed by atoms with Crippen molar-refractivity contribution in [1.29, 1.82) is 0 Å². The molecule has 1 aliphatic carbocycles. The Morgan fingerprint density at radius 3 is 1.71 bits per heavy atom. The summed E-state index contributed by atoms with van der Waals surface area (Å²) in [7, 11) is 0. The normalized spacial score (nSPS) is 12.9. The van der Waals surface area contributed by atoms with Crippen molar-refractivity contribution in [2.24, 2.45) is 0 Å². The van der Waals surface area contributed by atoms with E-state index < -0.39 is 0 Å². The van der Waals surface area contributed by atoms with Crippen LogP contribution in [0, 0.1) is 0 Å². The van der Waals surface area contributed by atoms with Crippen LogP contribution < -0.4 is 4.90 Å². The van der Waals surface area contributed by atoms with Crippen molar-refractivity contribution in [1.82, 2.24) is 9.13 Å². The third-order valence-electron chi connectivity index (χ3n) is 15.7. The monoisotopic (exact) mass is 949 g/mol. The Bertz CT molecular complexity index is 4520. The zero-order valence-corrected chi connectivity index (χ0v) is 41.2. The first-order chi connectivity index (χ1) is 36.0. The Labute approximate surface area is 427 Å². The lowest BCUT2D eigenvalue weighted by Crippen LogP contribution is -2.16. The van der Waals surface area contributed by atoms with E-state index in [1.165, 1.54) is 108 Å². The number of fused-ring (bicyclic) bond motifs is 12. The molecule has 0 bridgehead atoms. The molecule has 0 amide bonds. The van der Waals surface area contributed by atoms with Gasteiger partial charge in [0.25, 0.3) is 0 Å². The molecule has 3 aromatic heterocycles. The largest absolute Gasteiger partial charge is 0.310 e. The average molecular weight is 950 g/mol. The van der Waals surface area contributed by atoms with Crippen molar-refractivity contribution in [3.8, 4) is 44.8 Å². The van der Waals surface area contributed by atoms with Crippen molar-refractivity contribution in [2.45, 2.75) is 19.3 Å². The zero-order valence-electron chi connectivity index (χ0n) is 40.4. The summed E-state index contributed by atoms with van der Waals surface area (Å²) in [6.45, 7) is 4.75. The van der Waals surface area contributed by atoms with Crippen molar-refractivity contribution in [2.75, 3.05) is 4.90 Å². The Kier molecular flexibility index (Phi) is 9.17. The fourth-order valence-electron chi connectivity index (χ4n) is 12.3. The summed E-state index contributed by atoms with van der Waals surface area (Å²) in [6.07, 6.45) is 0. The van der Waals surface area contributed by atoms with Crippen LogP contribution in [-0.4, -0.2) is 9.13 Å². The fraction of sp³-hybridized carbons (Fsp3) is 0.0435. The minimum Gasteiger partial charge on any atom is -0.310 e. The van der Waals surface area contributed by atoms with Crippen LogP contribution in [0.5, 0.6) is 0 Å². The molecule has 3 nitrogen and oxygen atoms in total. The molecule has 0 atom stereocenters. The molecule has 0 saturated heterocycles. The summed E-state index contributed by atoms with van der Waals surface area (Å²) in [4.78, 5) is 2.51. The van der Waals surface area contributed by atoms with E-state index in [0.717, 1.165) is 28.4 Å². The van der Waals surface area contributed by atoms with Crippen LogP contribution in [0.4, 0.5) is 17.1 Å². The van der Waals surface area contributed by atoms with Crippen LogP contribution in [0.3, 0.4) is 0 Å². The summed E-state index contributed by atoms with van der Waals surface area (Å²) in [5, 5.41) is 7.54. The van der Waals surface area contributed by atoms with Crippen LogP contribution in [0.1, 0.15) is 25.0 Å². The number of nitrogens with zero attached hydrogens (tertiary/aromatic N) is 3. The van der Waals surface area contributed by atoms with Gasteiger partial charge in [-0.05, 0) is 142 Å². The average Bonchev–Trinajstić information content (AvgIpc) is 4.16. The van der Waals surface area contributed by atoms with Gasteiger partial charge >= 0.3 is 0 Å². The summed E-state index contributed by atoms with van der Waals surface area (Å²) in [6, 6.07) is 92.2. The van der Waals surface area contributed by atoms with E-state index in [4.69, 9.17) is 0 Å². The highest BCUT2D eigenvalue weighted by Crippen LogP contribution is 2.52. The smallest absolute Gasteiger partial charge is 0.0554 e. The van der Waals surface area contributed by atoms with E-state index in [2.05, 4.69) is 277 Å². The summed E-state index contributed by atoms with van der Waals surface area (Å²) in [5.74, 6) is 0. The van der Waals surface area contributed by atoms with Crippen LogP contribution in [0.2, 0.25) is 0 Å². The molecule has 15 rings (SSSR count). The van der Waals surface area contributed by atoms with Gasteiger partial charge in [-0.15, -0.1) is 11.3 Å². The quantitative estimate of drug-likeness (QED) is 0.155. The Balaban J connectivity index is 0.914. The number of anilines is 3. The molecule has 14 aromatic rings. The first-order valence-corrected chi connectivity index (χ1v) is 26.1. The maximum absolute atomic E-state index is 2.51. The Morgan fingerprint density at radius 2 is 0.918 bits per heavy atom. The molecular formula is C69H47N3S. The molecule has 0 fully saturated rings. The lowest BCUT2D eigenvalue weighted by Gasteiger charge is -2.29. The highest BCUT2D eigenvalue weighted by molar-refractivity contribution is 7.26. The third kappa shape index (κ3) is 6.30. The number of rotatable bonds is 7. The van der Waals surface area contributed by atoms with Crippen LogP contribution in [-0.2, 0) is 5.41 Å². The molecule has 11 aromatic carbocycles. The highest BCUT2D eigenvalue weighted by Gasteiger charge is 2.36. The van der Waals surface area contributed by atoms with Gasteiger partial charge in [-0.25, -0.2) is 0 Å². The van der Waals surface area contributed by atoms with Gasteiger partial charge in [0.2, 0.25) is 0 Å². The molecular weight excluding hydrogens is 903 g/mol. The molecule has 0 N–H and O–H groups in total. The van der Waals surface area contributed by atoms with E-state index >= 15 is 0 Å². The summed E-state index contributed by atoms with van der Waals surface area (Å²) in [5.41, 5.74) is 20.6. The van der Waals surface area contributed by atoms with Gasteiger partial charge < -0.3 is 14.0 Å². The van der Waals surface area contributed by atoms with Gasteiger partial charge in [0, 0.05) is 69.9 Å². The van der Waals surface area contributed by atoms with E-state index in [9.17, 15) is 0 Å². The SMILES string of the molecule is CC1(C)c2ccccc2-c2ccc(N(c3ccc(-c4cccc5c4c4ccccc4n5-c4ccccc4)cc3)c3cccc4sc5ccc(-c6ccc7c8ccccc8n(-c8ccccc8)c7c6)cc5c34)cc21. The Hall–Kier alpha value is -8.96. The lowest BCUT2D eigenvalue weighted by atomic mass is 9.82. The van der Waals surface area contributed by atoms with Crippen molar-refractivity contribution < 1.29 is 0 Å². The zero-order chi connectivity index (χ0) is 48.4. The summed E-state index contributed by atoms with van der Waals surface area (Å²) >= 11 is 1.87. The van der Waals surface area contributed by atoms with Crippen LogP contribution in [0.25, 0.3) is 109 Å². The molecule has 0 radical (unpaired) electrons. The Morgan fingerprint density at radius 1 is 0.342 bits per heavy atom. The maximum atomic E-state index is 2.51. The molecule has 1 aliphatic rings. The molecule has 3 heterocycles. The minimum atomic E-state index is -0.154. The molecule has 0 unspecified atom stereocenters. The molecule has 0 saturated carbocycles. The number of thiophene rings is 1. The molecule has 344 valence electrons. The van der Waals surface area contributed by atoms with Crippen LogP contribution >= 0.6 is 11.3 Å². The topological polar surface area (TPSA) is 13.1 Å². The fourth-order valence-corrected chi connectivity index (χ4v) is 13.5. The van der Waals surface area contributed by atoms with E-state index in [1.807, 2.05) is 11.3 Å². The first-order valence-electron chi connectivity index (χ1n) is 25.2. The maximum Gasteiger partial charge on any atom is 0.0554 e. The van der Waals surface area contributed by atoms with Crippen molar-refractivity contribution in [3.05, 3.63) is 260 Å². The van der Waals surface area contributed by atoms with E-state index in [1.54, 1.807) is 0 Å². The second-order valence-corrected chi connectivity index (χ2v) is 21.1. The van der Waals surface area contributed by atoms with E-state index in [0.29, 0.717) is 0 Å². The number of hydrogen-bond acceptors (Lipinski definition) is 2. The number of para-hydroxylation sites is 4. The molecule has 73 heavy (non-hydrogen) atoms. The van der Waals surface area contributed by atoms with Gasteiger partial charge in [0.1, 0.15) is 0 Å². The second kappa shape index (κ2) is 16.0. The third-order valence-corrected chi connectivity index (χ3v) is 16.8. The highest BCUT2D eigenvalue weighted by atomic mass is 32.1. The van der Waals surface area contributed by atoms with Gasteiger partial charge in [-0.2, -0.15) is 0 Å².